The molecule has 4 nitrogen and oxygen atoms in total. The number of benzene rings is 1. The number of amides is 1. The van der Waals surface area contributed by atoms with Crippen molar-refractivity contribution in [1.82, 2.24) is 4.90 Å². The van der Waals surface area contributed by atoms with Crippen molar-refractivity contribution in [3.63, 3.8) is 0 Å². The maximum absolute atomic E-state index is 11.9. The number of aliphatic hydroxyl groups is 1. The van der Waals surface area contributed by atoms with Crippen LogP contribution in [0, 0.1) is 6.92 Å². The number of carbonyl (C=O) groups is 1. The van der Waals surface area contributed by atoms with Gasteiger partial charge in [0.25, 0.3) is 5.91 Å². The molecule has 1 aliphatic carbocycles. The molecule has 0 saturated heterocycles. The molecule has 1 amide bonds. The van der Waals surface area contributed by atoms with Crippen LogP contribution in [0.5, 0.6) is 5.75 Å². The monoisotopic (exact) mass is 263 g/mol. The van der Waals surface area contributed by atoms with Crippen molar-refractivity contribution in [3.05, 3.63) is 29.3 Å². The van der Waals surface area contributed by atoms with Gasteiger partial charge in [-0.1, -0.05) is 11.6 Å². The van der Waals surface area contributed by atoms with Crippen molar-refractivity contribution in [3.8, 4) is 5.75 Å². The Kier molecular flexibility index (Phi) is 4.10. The summed E-state index contributed by atoms with van der Waals surface area (Å²) in [6, 6.07) is 6.00. The van der Waals surface area contributed by atoms with Crippen molar-refractivity contribution in [2.75, 3.05) is 13.7 Å². The average molecular weight is 263 g/mol. The van der Waals surface area contributed by atoms with Crippen LogP contribution in [0.3, 0.4) is 0 Å². The maximum Gasteiger partial charge on any atom is 0.260 e. The molecule has 104 valence electrons. The molecule has 2 rings (SSSR count). The maximum atomic E-state index is 11.9. The van der Waals surface area contributed by atoms with Gasteiger partial charge in [-0.25, -0.2) is 0 Å². The summed E-state index contributed by atoms with van der Waals surface area (Å²) >= 11 is 0. The zero-order chi connectivity index (χ0) is 14.0. The molecule has 1 unspecified atom stereocenters. The van der Waals surface area contributed by atoms with E-state index in [2.05, 4.69) is 0 Å². The van der Waals surface area contributed by atoms with Crippen LogP contribution in [0.1, 0.15) is 37.0 Å². The molecular formula is C15H21NO3. The first-order valence-corrected chi connectivity index (χ1v) is 6.66. The topological polar surface area (TPSA) is 49.8 Å². The Morgan fingerprint density at radius 2 is 2.21 bits per heavy atom. The minimum atomic E-state index is -0.605. The summed E-state index contributed by atoms with van der Waals surface area (Å²) in [5, 5.41) is 9.73. The number of hydrogen-bond acceptors (Lipinski definition) is 3. The van der Waals surface area contributed by atoms with Crippen LogP contribution in [0.25, 0.3) is 0 Å². The first-order valence-electron chi connectivity index (χ1n) is 6.66. The summed E-state index contributed by atoms with van der Waals surface area (Å²) in [5.74, 6) is 0.567. The number of aliphatic hydroxyl groups excluding tert-OH is 1. The van der Waals surface area contributed by atoms with Gasteiger partial charge < -0.3 is 14.7 Å². The van der Waals surface area contributed by atoms with Crippen LogP contribution in [0.2, 0.25) is 0 Å². The Bertz CT molecular complexity index is 466. The van der Waals surface area contributed by atoms with E-state index in [0.717, 1.165) is 24.0 Å². The highest BCUT2D eigenvalue weighted by atomic mass is 16.5. The SMILES string of the molecule is Cc1ccc(OCC(=O)N(C)C2CC2)c(C(C)O)c1. The first-order chi connectivity index (χ1) is 8.99. The van der Waals surface area contributed by atoms with Gasteiger partial charge in [0.15, 0.2) is 6.61 Å². The molecule has 1 aromatic rings. The molecule has 0 radical (unpaired) electrons. The van der Waals surface area contributed by atoms with E-state index in [9.17, 15) is 9.90 Å². The zero-order valence-corrected chi connectivity index (χ0v) is 11.7. The Balaban J connectivity index is 2.00. The second-order valence-electron chi connectivity index (χ2n) is 5.24. The van der Waals surface area contributed by atoms with E-state index in [-0.39, 0.29) is 12.5 Å². The largest absolute Gasteiger partial charge is 0.483 e. The molecule has 1 saturated carbocycles. The van der Waals surface area contributed by atoms with Gasteiger partial charge >= 0.3 is 0 Å². The van der Waals surface area contributed by atoms with Gasteiger partial charge in [0, 0.05) is 18.7 Å². The third-order valence-electron chi connectivity index (χ3n) is 3.45. The van der Waals surface area contributed by atoms with Gasteiger partial charge in [0.2, 0.25) is 0 Å². The lowest BCUT2D eigenvalue weighted by Crippen LogP contribution is -2.33. The van der Waals surface area contributed by atoms with Crippen LogP contribution in [-0.2, 0) is 4.79 Å². The van der Waals surface area contributed by atoms with Gasteiger partial charge in [0.05, 0.1) is 6.10 Å². The van der Waals surface area contributed by atoms with Crippen molar-refractivity contribution in [2.45, 2.75) is 38.8 Å². The van der Waals surface area contributed by atoms with Crippen molar-refractivity contribution >= 4 is 5.91 Å². The number of ether oxygens (including phenoxy) is 1. The molecule has 19 heavy (non-hydrogen) atoms. The van der Waals surface area contributed by atoms with E-state index in [1.54, 1.807) is 11.8 Å². The number of aryl methyl sites for hydroxylation is 1. The Morgan fingerprint density at radius 3 is 2.79 bits per heavy atom. The Morgan fingerprint density at radius 1 is 1.53 bits per heavy atom. The summed E-state index contributed by atoms with van der Waals surface area (Å²) in [6.45, 7) is 3.68. The number of likely N-dealkylation sites (N-methyl/N-ethyl adjacent to an activating group) is 1. The van der Waals surface area contributed by atoms with Crippen LogP contribution in [0.15, 0.2) is 18.2 Å². The fraction of sp³-hybridized carbons (Fsp3) is 0.533. The van der Waals surface area contributed by atoms with Gasteiger partial charge in [-0.3, -0.25) is 4.79 Å². The highest BCUT2D eigenvalue weighted by Gasteiger charge is 2.29. The molecular weight excluding hydrogens is 242 g/mol. The number of hydrogen-bond donors (Lipinski definition) is 1. The van der Waals surface area contributed by atoms with Crippen LogP contribution in [0.4, 0.5) is 0 Å². The van der Waals surface area contributed by atoms with Crippen LogP contribution >= 0.6 is 0 Å². The Labute approximate surface area is 114 Å². The third-order valence-corrected chi connectivity index (χ3v) is 3.45. The zero-order valence-electron chi connectivity index (χ0n) is 11.7. The van der Waals surface area contributed by atoms with E-state index in [4.69, 9.17) is 4.74 Å². The summed E-state index contributed by atoms with van der Waals surface area (Å²) in [5.41, 5.74) is 1.78. The van der Waals surface area contributed by atoms with Crippen molar-refractivity contribution in [1.29, 1.82) is 0 Å². The molecule has 1 N–H and O–H groups in total. The number of carbonyl (C=O) groups excluding carboxylic acids is 1. The molecule has 0 spiro atoms. The highest BCUT2D eigenvalue weighted by molar-refractivity contribution is 5.78. The Hall–Kier alpha value is -1.55. The molecule has 4 heteroatoms. The molecule has 1 aliphatic rings. The second-order valence-corrected chi connectivity index (χ2v) is 5.24. The predicted molar refractivity (Wildman–Crippen MR) is 73.1 cm³/mol. The number of rotatable bonds is 5. The van der Waals surface area contributed by atoms with Gasteiger partial charge in [-0.2, -0.15) is 0 Å². The molecule has 1 atom stereocenters. The fourth-order valence-corrected chi connectivity index (χ4v) is 2.03. The lowest BCUT2D eigenvalue weighted by atomic mass is 10.1. The van der Waals surface area contributed by atoms with Crippen LogP contribution < -0.4 is 4.74 Å². The minimum absolute atomic E-state index is 0.0142. The smallest absolute Gasteiger partial charge is 0.260 e. The average Bonchev–Trinajstić information content (AvgIpc) is 3.20. The summed E-state index contributed by atoms with van der Waals surface area (Å²) in [6.07, 6.45) is 1.57. The normalized spacial score (nSPS) is 16.0. The number of nitrogens with zero attached hydrogens (tertiary/aromatic N) is 1. The van der Waals surface area contributed by atoms with Crippen molar-refractivity contribution < 1.29 is 14.6 Å². The second kappa shape index (κ2) is 5.61. The molecule has 0 bridgehead atoms. The predicted octanol–water partition coefficient (Wildman–Crippen LogP) is 2.05. The summed E-state index contributed by atoms with van der Waals surface area (Å²) in [7, 11) is 1.81. The molecule has 0 aliphatic heterocycles. The standard InChI is InChI=1S/C15H21NO3/c1-10-4-7-14(13(8-10)11(2)17)19-9-15(18)16(3)12-5-6-12/h4,7-8,11-12,17H,5-6,9H2,1-3H3. The summed E-state index contributed by atoms with van der Waals surface area (Å²) < 4.78 is 5.56. The molecule has 1 fully saturated rings. The van der Waals surface area contributed by atoms with Crippen molar-refractivity contribution in [2.24, 2.45) is 0 Å². The summed E-state index contributed by atoms with van der Waals surface area (Å²) in [4.78, 5) is 13.6. The lowest BCUT2D eigenvalue weighted by molar-refractivity contribution is -0.132. The third kappa shape index (κ3) is 3.47. The van der Waals surface area contributed by atoms with Gasteiger partial charge in [-0.05, 0) is 38.8 Å². The van der Waals surface area contributed by atoms with Gasteiger partial charge in [-0.15, -0.1) is 0 Å². The fourth-order valence-electron chi connectivity index (χ4n) is 2.03. The van der Waals surface area contributed by atoms with Gasteiger partial charge in [0.1, 0.15) is 5.75 Å². The van der Waals surface area contributed by atoms with E-state index >= 15 is 0 Å². The van der Waals surface area contributed by atoms with E-state index in [1.165, 1.54) is 0 Å². The molecule has 0 aromatic heterocycles. The minimum Gasteiger partial charge on any atom is -0.483 e. The highest BCUT2D eigenvalue weighted by Crippen LogP contribution is 2.27. The van der Waals surface area contributed by atoms with E-state index < -0.39 is 6.10 Å². The lowest BCUT2D eigenvalue weighted by Gasteiger charge is -2.18. The van der Waals surface area contributed by atoms with E-state index in [1.807, 2.05) is 32.2 Å². The van der Waals surface area contributed by atoms with E-state index in [0.29, 0.717) is 11.8 Å². The quantitative estimate of drug-likeness (QED) is 0.884. The first kappa shape index (κ1) is 13.9. The molecule has 1 aromatic carbocycles. The van der Waals surface area contributed by atoms with Crippen LogP contribution in [-0.4, -0.2) is 35.6 Å². The molecule has 0 heterocycles.